The summed E-state index contributed by atoms with van der Waals surface area (Å²) < 4.78 is 5.24. The van der Waals surface area contributed by atoms with Crippen molar-refractivity contribution in [3.63, 3.8) is 0 Å². The zero-order valence-electron chi connectivity index (χ0n) is 12.0. The number of hydrogen-bond donors (Lipinski definition) is 2. The molecular formula is C13H18N4O4. The van der Waals surface area contributed by atoms with Crippen molar-refractivity contribution in [1.82, 2.24) is 20.2 Å². The Morgan fingerprint density at radius 3 is 2.71 bits per heavy atom. The predicted molar refractivity (Wildman–Crippen MR) is 72.6 cm³/mol. The van der Waals surface area contributed by atoms with E-state index >= 15 is 0 Å². The lowest BCUT2D eigenvalue weighted by Crippen LogP contribution is -2.65. The van der Waals surface area contributed by atoms with Crippen LogP contribution in [-0.4, -0.2) is 57.3 Å². The Morgan fingerprint density at radius 2 is 2.14 bits per heavy atom. The molecule has 0 radical (unpaired) electrons. The van der Waals surface area contributed by atoms with Gasteiger partial charge in [-0.05, 0) is 13.8 Å². The van der Waals surface area contributed by atoms with Crippen LogP contribution in [-0.2, 0) is 16.1 Å². The molecular weight excluding hydrogens is 276 g/mol. The van der Waals surface area contributed by atoms with Gasteiger partial charge < -0.3 is 20.1 Å². The summed E-state index contributed by atoms with van der Waals surface area (Å²) in [6.45, 7) is 4.30. The average molecular weight is 294 g/mol. The monoisotopic (exact) mass is 294 g/mol. The van der Waals surface area contributed by atoms with Crippen LogP contribution in [0.4, 0.5) is 4.79 Å². The molecule has 0 saturated carbocycles. The zero-order valence-corrected chi connectivity index (χ0v) is 12.0. The van der Waals surface area contributed by atoms with Crippen LogP contribution in [0.25, 0.3) is 0 Å². The SMILES string of the molecule is Cc1cnc(CNC(=O)N2CC(C)(OCC(=O)O)C2)cn1. The lowest BCUT2D eigenvalue weighted by Gasteiger charge is -2.46. The van der Waals surface area contributed by atoms with Gasteiger partial charge >= 0.3 is 12.0 Å². The van der Waals surface area contributed by atoms with Gasteiger partial charge in [0.2, 0.25) is 0 Å². The van der Waals surface area contributed by atoms with Gasteiger partial charge in [-0.15, -0.1) is 0 Å². The Hall–Kier alpha value is -2.22. The first-order valence-electron chi connectivity index (χ1n) is 6.54. The fourth-order valence-electron chi connectivity index (χ4n) is 2.02. The van der Waals surface area contributed by atoms with Gasteiger partial charge in [-0.25, -0.2) is 9.59 Å². The normalized spacial score (nSPS) is 16.2. The van der Waals surface area contributed by atoms with Gasteiger partial charge in [0.1, 0.15) is 12.2 Å². The number of carbonyl (C=O) groups is 2. The highest BCUT2D eigenvalue weighted by Crippen LogP contribution is 2.24. The number of aryl methyl sites for hydroxylation is 1. The minimum atomic E-state index is -1.02. The van der Waals surface area contributed by atoms with E-state index in [1.807, 2.05) is 6.92 Å². The Morgan fingerprint density at radius 1 is 1.43 bits per heavy atom. The van der Waals surface area contributed by atoms with Crippen LogP contribution in [0.1, 0.15) is 18.3 Å². The van der Waals surface area contributed by atoms with Gasteiger partial charge in [0.05, 0.1) is 37.2 Å². The van der Waals surface area contributed by atoms with Crippen molar-refractivity contribution in [2.75, 3.05) is 19.7 Å². The Bertz CT molecular complexity index is 525. The summed E-state index contributed by atoms with van der Waals surface area (Å²) in [5.74, 6) is -1.02. The maximum Gasteiger partial charge on any atom is 0.329 e. The Kier molecular flexibility index (Phi) is 4.37. The summed E-state index contributed by atoms with van der Waals surface area (Å²) in [6, 6.07) is -0.228. The highest BCUT2D eigenvalue weighted by atomic mass is 16.5. The standard InChI is InChI=1S/C13H18N4O4/c1-9-3-15-10(4-14-9)5-16-12(20)17-7-13(2,8-17)21-6-11(18)19/h3-4H,5-8H2,1-2H3,(H,16,20)(H,18,19). The largest absolute Gasteiger partial charge is 0.480 e. The van der Waals surface area contributed by atoms with Crippen molar-refractivity contribution in [3.8, 4) is 0 Å². The van der Waals surface area contributed by atoms with E-state index in [9.17, 15) is 9.59 Å². The molecule has 8 nitrogen and oxygen atoms in total. The molecule has 1 saturated heterocycles. The molecule has 1 aliphatic rings. The van der Waals surface area contributed by atoms with E-state index in [0.29, 0.717) is 25.3 Å². The number of aromatic nitrogens is 2. The van der Waals surface area contributed by atoms with Crippen molar-refractivity contribution >= 4 is 12.0 Å². The van der Waals surface area contributed by atoms with Crippen LogP contribution >= 0.6 is 0 Å². The molecule has 1 aromatic rings. The molecule has 0 atom stereocenters. The molecule has 2 rings (SSSR count). The van der Waals surface area contributed by atoms with E-state index in [1.54, 1.807) is 24.2 Å². The number of likely N-dealkylation sites (tertiary alicyclic amines) is 1. The van der Waals surface area contributed by atoms with Gasteiger partial charge in [0, 0.05) is 6.20 Å². The summed E-state index contributed by atoms with van der Waals surface area (Å²) >= 11 is 0. The van der Waals surface area contributed by atoms with Crippen LogP contribution in [0, 0.1) is 6.92 Å². The summed E-state index contributed by atoms with van der Waals surface area (Å²) in [6.07, 6.45) is 3.26. The maximum absolute atomic E-state index is 11.9. The minimum Gasteiger partial charge on any atom is -0.480 e. The second kappa shape index (κ2) is 6.04. The summed E-state index contributed by atoms with van der Waals surface area (Å²) in [5, 5.41) is 11.3. The molecule has 114 valence electrons. The number of carboxylic acid groups (broad SMARTS) is 1. The van der Waals surface area contributed by atoms with Crippen molar-refractivity contribution in [3.05, 3.63) is 23.8 Å². The highest BCUT2D eigenvalue weighted by Gasteiger charge is 2.42. The van der Waals surface area contributed by atoms with Gasteiger partial charge in [-0.2, -0.15) is 0 Å². The molecule has 2 N–H and O–H groups in total. The predicted octanol–water partition coefficient (Wildman–Crippen LogP) is 0.170. The van der Waals surface area contributed by atoms with E-state index in [-0.39, 0.29) is 12.6 Å². The summed E-state index contributed by atoms with van der Waals surface area (Å²) in [7, 11) is 0. The number of nitrogens with one attached hydrogen (secondary N) is 1. The first kappa shape index (κ1) is 15.2. The van der Waals surface area contributed by atoms with E-state index in [0.717, 1.165) is 5.69 Å². The van der Waals surface area contributed by atoms with E-state index in [1.165, 1.54) is 0 Å². The number of urea groups is 1. The number of aliphatic carboxylic acids is 1. The van der Waals surface area contributed by atoms with Gasteiger partial charge in [-0.1, -0.05) is 0 Å². The van der Waals surface area contributed by atoms with E-state index in [2.05, 4.69) is 15.3 Å². The molecule has 2 heterocycles. The van der Waals surface area contributed by atoms with E-state index in [4.69, 9.17) is 9.84 Å². The average Bonchev–Trinajstić information content (AvgIpc) is 2.41. The summed E-state index contributed by atoms with van der Waals surface area (Å²) in [4.78, 5) is 32.1. The third kappa shape index (κ3) is 4.12. The van der Waals surface area contributed by atoms with Crippen molar-refractivity contribution in [2.24, 2.45) is 0 Å². The van der Waals surface area contributed by atoms with Crippen molar-refractivity contribution in [2.45, 2.75) is 26.0 Å². The first-order valence-corrected chi connectivity index (χ1v) is 6.54. The minimum absolute atomic E-state index is 0.228. The van der Waals surface area contributed by atoms with Gasteiger partial charge in [0.25, 0.3) is 0 Å². The van der Waals surface area contributed by atoms with Crippen molar-refractivity contribution in [1.29, 1.82) is 0 Å². The van der Waals surface area contributed by atoms with Crippen LogP contribution < -0.4 is 5.32 Å². The Balaban J connectivity index is 1.73. The number of ether oxygens (including phenoxy) is 1. The van der Waals surface area contributed by atoms with Crippen molar-refractivity contribution < 1.29 is 19.4 Å². The second-order valence-corrected chi connectivity index (χ2v) is 5.30. The molecule has 0 aromatic carbocycles. The molecule has 2 amide bonds. The highest BCUT2D eigenvalue weighted by molar-refractivity contribution is 5.75. The molecule has 1 aromatic heterocycles. The molecule has 0 aliphatic carbocycles. The fraction of sp³-hybridized carbons (Fsp3) is 0.538. The molecule has 0 unspecified atom stereocenters. The van der Waals surface area contributed by atoms with Gasteiger partial charge in [0.15, 0.2) is 0 Å². The van der Waals surface area contributed by atoms with Crippen LogP contribution in [0.2, 0.25) is 0 Å². The smallest absolute Gasteiger partial charge is 0.329 e. The van der Waals surface area contributed by atoms with Crippen LogP contribution in [0.15, 0.2) is 12.4 Å². The third-order valence-corrected chi connectivity index (χ3v) is 3.14. The maximum atomic E-state index is 11.9. The molecule has 0 spiro atoms. The number of carbonyl (C=O) groups excluding carboxylic acids is 1. The Labute approximate surface area is 122 Å². The lowest BCUT2D eigenvalue weighted by molar-refractivity contribution is -0.159. The number of hydrogen-bond acceptors (Lipinski definition) is 5. The number of rotatable bonds is 5. The van der Waals surface area contributed by atoms with Gasteiger partial charge in [-0.3, -0.25) is 9.97 Å². The third-order valence-electron chi connectivity index (χ3n) is 3.14. The number of carboxylic acids is 1. The molecule has 21 heavy (non-hydrogen) atoms. The number of nitrogens with zero attached hydrogens (tertiary/aromatic N) is 3. The quantitative estimate of drug-likeness (QED) is 0.802. The molecule has 0 bridgehead atoms. The lowest BCUT2D eigenvalue weighted by atomic mass is 9.97. The fourth-order valence-corrected chi connectivity index (χ4v) is 2.02. The molecule has 1 fully saturated rings. The van der Waals surface area contributed by atoms with E-state index < -0.39 is 11.6 Å². The number of amides is 2. The second-order valence-electron chi connectivity index (χ2n) is 5.30. The topological polar surface area (TPSA) is 105 Å². The zero-order chi connectivity index (χ0) is 15.5. The molecule has 8 heteroatoms. The first-order chi connectivity index (χ1) is 9.88. The van der Waals surface area contributed by atoms with Crippen LogP contribution in [0.3, 0.4) is 0 Å². The summed E-state index contributed by atoms with van der Waals surface area (Å²) in [5.41, 5.74) is 0.915. The van der Waals surface area contributed by atoms with Crippen LogP contribution in [0.5, 0.6) is 0 Å². The molecule has 1 aliphatic heterocycles.